The van der Waals surface area contributed by atoms with Gasteiger partial charge in [-0.1, -0.05) is 36.0 Å². The van der Waals surface area contributed by atoms with Crippen molar-refractivity contribution in [3.05, 3.63) is 81.7 Å². The van der Waals surface area contributed by atoms with E-state index in [-0.39, 0.29) is 28.4 Å². The highest BCUT2D eigenvalue weighted by atomic mass is 32.2. The van der Waals surface area contributed by atoms with E-state index in [0.717, 1.165) is 17.3 Å². The van der Waals surface area contributed by atoms with E-state index in [1.165, 1.54) is 19.1 Å². The number of nitrogens with two attached hydrogens (primary N) is 1. The molecule has 2 atom stereocenters. The summed E-state index contributed by atoms with van der Waals surface area (Å²) in [5, 5.41) is 12.4. The lowest BCUT2D eigenvalue weighted by Gasteiger charge is -2.32. The Balaban J connectivity index is 1.89. The lowest BCUT2D eigenvalue weighted by Crippen LogP contribution is -2.39. The van der Waals surface area contributed by atoms with Crippen molar-refractivity contribution in [2.75, 3.05) is 19.5 Å². The molecule has 1 fully saturated rings. The molecule has 2 aromatic rings. The van der Waals surface area contributed by atoms with Crippen molar-refractivity contribution >= 4 is 35.2 Å². The fraction of sp³-hybridized carbons (Fsp3) is 0.231. The molecule has 0 radical (unpaired) electrons. The number of esters is 1. The number of nitrogens with zero attached hydrogens (tertiary/aromatic N) is 2. The molecule has 10 heteroatoms. The summed E-state index contributed by atoms with van der Waals surface area (Å²) in [5.41, 5.74) is 8.70. The maximum atomic E-state index is 13.8. The van der Waals surface area contributed by atoms with Crippen LogP contribution in [0.4, 0.5) is 5.69 Å². The lowest BCUT2D eigenvalue weighted by atomic mass is 9.82. The van der Waals surface area contributed by atoms with E-state index in [2.05, 4.69) is 11.4 Å². The zero-order valence-corrected chi connectivity index (χ0v) is 20.7. The zero-order chi connectivity index (χ0) is 26.0. The van der Waals surface area contributed by atoms with E-state index in [0.29, 0.717) is 17.0 Å². The molecule has 2 aliphatic heterocycles. The number of nitrogens with one attached hydrogen (secondary N) is 1. The first kappa shape index (κ1) is 24.9. The second-order valence-corrected chi connectivity index (χ2v) is 9.41. The molecular formula is C26H24N4O5S. The van der Waals surface area contributed by atoms with Crippen LogP contribution in [0.15, 0.2) is 70.5 Å². The number of benzene rings is 2. The van der Waals surface area contributed by atoms with Gasteiger partial charge in [-0.05, 0) is 42.3 Å². The van der Waals surface area contributed by atoms with Crippen LogP contribution < -0.4 is 15.8 Å². The third-order valence-electron chi connectivity index (χ3n) is 5.93. The highest BCUT2D eigenvalue weighted by molar-refractivity contribution is 8.04. The summed E-state index contributed by atoms with van der Waals surface area (Å²) in [5.74, 6) is -1.95. The van der Waals surface area contributed by atoms with Crippen LogP contribution in [0.25, 0.3) is 0 Å². The quantitative estimate of drug-likeness (QED) is 0.573. The minimum absolute atomic E-state index is 0.0501. The number of fused-ring (bicyclic) bond motifs is 1. The molecule has 0 aromatic heterocycles. The average Bonchev–Trinajstić information content (AvgIpc) is 3.19. The maximum absolute atomic E-state index is 13.8. The number of methoxy groups -OCH3 is 2. The van der Waals surface area contributed by atoms with Gasteiger partial charge in [0.05, 0.1) is 48.8 Å². The first-order valence-corrected chi connectivity index (χ1v) is 11.9. The van der Waals surface area contributed by atoms with E-state index in [1.807, 2.05) is 25.1 Å². The Morgan fingerprint density at radius 2 is 1.94 bits per heavy atom. The van der Waals surface area contributed by atoms with E-state index < -0.39 is 29.0 Å². The van der Waals surface area contributed by atoms with E-state index in [1.54, 1.807) is 30.3 Å². The molecule has 2 amide bonds. The molecule has 0 bridgehead atoms. The number of carbonyl (C=O) groups excluding carboxylic acids is 3. The Kier molecular flexibility index (Phi) is 7.03. The molecule has 0 spiro atoms. The average molecular weight is 505 g/mol. The summed E-state index contributed by atoms with van der Waals surface area (Å²) in [4.78, 5) is 40.2. The number of thioether (sulfide) groups is 1. The molecule has 0 unspecified atom stereocenters. The second kappa shape index (κ2) is 10.2. The highest BCUT2D eigenvalue weighted by Crippen LogP contribution is 2.50. The van der Waals surface area contributed by atoms with Crippen molar-refractivity contribution in [2.45, 2.75) is 24.5 Å². The van der Waals surface area contributed by atoms with Gasteiger partial charge in [-0.2, -0.15) is 5.26 Å². The van der Waals surface area contributed by atoms with Gasteiger partial charge in [0, 0.05) is 5.69 Å². The first-order chi connectivity index (χ1) is 17.3. The molecule has 3 N–H and O–H groups in total. The minimum Gasteiger partial charge on any atom is -0.497 e. The minimum atomic E-state index is -0.863. The highest BCUT2D eigenvalue weighted by Gasteiger charge is 2.48. The van der Waals surface area contributed by atoms with Gasteiger partial charge in [-0.3, -0.25) is 19.3 Å². The van der Waals surface area contributed by atoms with Crippen LogP contribution in [0, 0.1) is 18.3 Å². The first-order valence-electron chi connectivity index (χ1n) is 11.0. The Morgan fingerprint density at radius 1 is 1.19 bits per heavy atom. The van der Waals surface area contributed by atoms with Gasteiger partial charge in [-0.25, -0.2) is 0 Å². The number of ether oxygens (including phenoxy) is 2. The standard InChI is InChI=1S/C26H24N4O5S/c1-14-6-4-8-16(10-14)29-24(32)22-21(15-7-5-9-17(11-15)34-2)18(13-27)23(28)30-25(33)19(36-26(22)30)12-20(31)35-3/h4-11,19,21H,12,28H2,1-3H3,(H,29,32)/t19-,21+/m1/s1. The molecule has 2 aromatic carbocycles. The van der Waals surface area contributed by atoms with Gasteiger partial charge in [0.15, 0.2) is 0 Å². The number of hydrogen-bond acceptors (Lipinski definition) is 8. The molecular weight excluding hydrogens is 480 g/mol. The largest absolute Gasteiger partial charge is 0.497 e. The van der Waals surface area contributed by atoms with Crippen LogP contribution in [0.2, 0.25) is 0 Å². The predicted octanol–water partition coefficient (Wildman–Crippen LogP) is 3.15. The Labute approximate surface area is 212 Å². The van der Waals surface area contributed by atoms with Crippen LogP contribution in [0.3, 0.4) is 0 Å². The summed E-state index contributed by atoms with van der Waals surface area (Å²) in [7, 11) is 2.75. The summed E-state index contributed by atoms with van der Waals surface area (Å²) in [6.45, 7) is 1.90. The molecule has 1 saturated heterocycles. The van der Waals surface area contributed by atoms with Crippen molar-refractivity contribution in [1.82, 2.24) is 4.90 Å². The monoisotopic (exact) mass is 504 g/mol. The number of hydrogen-bond donors (Lipinski definition) is 2. The van der Waals surface area contributed by atoms with E-state index in [9.17, 15) is 19.6 Å². The maximum Gasteiger partial charge on any atom is 0.307 e. The van der Waals surface area contributed by atoms with Gasteiger partial charge < -0.3 is 20.5 Å². The van der Waals surface area contributed by atoms with Crippen molar-refractivity contribution in [3.63, 3.8) is 0 Å². The summed E-state index contributed by atoms with van der Waals surface area (Å²) < 4.78 is 10.1. The smallest absolute Gasteiger partial charge is 0.307 e. The molecule has 2 aliphatic rings. The number of anilines is 1. The number of rotatable bonds is 6. The molecule has 4 rings (SSSR count). The summed E-state index contributed by atoms with van der Waals surface area (Å²) in [6.07, 6.45) is -0.203. The predicted molar refractivity (Wildman–Crippen MR) is 134 cm³/mol. The van der Waals surface area contributed by atoms with Crippen molar-refractivity contribution in [3.8, 4) is 11.8 Å². The molecule has 0 saturated carbocycles. The van der Waals surface area contributed by atoms with Crippen LogP contribution in [0.1, 0.15) is 23.5 Å². The van der Waals surface area contributed by atoms with Crippen molar-refractivity contribution in [1.29, 1.82) is 5.26 Å². The number of allylic oxidation sites excluding steroid dienone is 1. The normalized spacial score (nSPS) is 19.1. The third kappa shape index (κ3) is 4.53. The second-order valence-electron chi connectivity index (χ2n) is 8.22. The fourth-order valence-electron chi connectivity index (χ4n) is 4.22. The molecule has 36 heavy (non-hydrogen) atoms. The Bertz CT molecular complexity index is 1360. The SMILES string of the molecule is COC(=O)C[C@H]1SC2=C(C(=O)Nc3cccc(C)c3)[C@@H](c3cccc(OC)c3)C(C#N)=C(N)N2C1=O. The topological polar surface area (TPSA) is 135 Å². The zero-order valence-electron chi connectivity index (χ0n) is 19.9. The van der Waals surface area contributed by atoms with Crippen molar-refractivity contribution < 1.29 is 23.9 Å². The Morgan fingerprint density at radius 3 is 2.61 bits per heavy atom. The molecule has 0 aliphatic carbocycles. The molecule has 184 valence electrons. The van der Waals surface area contributed by atoms with Crippen LogP contribution in [-0.2, 0) is 19.1 Å². The number of amides is 2. The van der Waals surface area contributed by atoms with E-state index >= 15 is 0 Å². The fourth-order valence-corrected chi connectivity index (χ4v) is 5.55. The Hall–Kier alpha value is -4.23. The van der Waals surface area contributed by atoms with E-state index in [4.69, 9.17) is 15.2 Å². The third-order valence-corrected chi connectivity index (χ3v) is 7.20. The van der Waals surface area contributed by atoms with Gasteiger partial charge in [0.25, 0.3) is 5.91 Å². The number of aryl methyl sites for hydroxylation is 1. The number of carbonyl (C=O) groups is 3. The van der Waals surface area contributed by atoms with Crippen LogP contribution in [-0.4, -0.2) is 42.2 Å². The van der Waals surface area contributed by atoms with Gasteiger partial charge in [0.2, 0.25) is 5.91 Å². The van der Waals surface area contributed by atoms with Gasteiger partial charge >= 0.3 is 5.97 Å². The number of nitriles is 1. The lowest BCUT2D eigenvalue weighted by molar-refractivity contribution is -0.142. The van der Waals surface area contributed by atoms with Crippen LogP contribution >= 0.6 is 11.8 Å². The summed E-state index contributed by atoms with van der Waals surface area (Å²) >= 11 is 1.06. The van der Waals surface area contributed by atoms with Gasteiger partial charge in [0.1, 0.15) is 16.8 Å². The van der Waals surface area contributed by atoms with Gasteiger partial charge in [-0.15, -0.1) is 0 Å². The van der Waals surface area contributed by atoms with Crippen LogP contribution in [0.5, 0.6) is 5.75 Å². The molecule has 9 nitrogen and oxygen atoms in total. The molecule has 2 heterocycles. The van der Waals surface area contributed by atoms with Crippen molar-refractivity contribution in [2.24, 2.45) is 5.73 Å². The summed E-state index contributed by atoms with van der Waals surface area (Å²) in [6, 6.07) is 16.4.